The number of nitrogens with one attached hydrogen (secondary N) is 2. The van der Waals surface area contributed by atoms with Crippen molar-refractivity contribution in [3.63, 3.8) is 0 Å². The van der Waals surface area contributed by atoms with E-state index in [2.05, 4.69) is 20.3 Å². The summed E-state index contributed by atoms with van der Waals surface area (Å²) in [4.78, 5) is 22.7. The molecule has 0 spiro atoms. The van der Waals surface area contributed by atoms with Crippen LogP contribution >= 0.6 is 0 Å². The standard InChI is InChI=1S/C9H12N4O/c1-5(2)6-9(14)13-8(12-6)7-10-3-4-11-7/h3-6H,1-2H3,(H,10,11)(H,12,13,14). The summed E-state index contributed by atoms with van der Waals surface area (Å²) in [6.07, 6.45) is 3.33. The molecule has 0 saturated heterocycles. The second-order valence-electron chi connectivity index (χ2n) is 3.59. The van der Waals surface area contributed by atoms with E-state index in [9.17, 15) is 4.79 Å². The maximum atomic E-state index is 11.5. The molecule has 2 heterocycles. The first kappa shape index (κ1) is 8.93. The van der Waals surface area contributed by atoms with Crippen molar-refractivity contribution in [3.8, 4) is 0 Å². The molecule has 2 N–H and O–H groups in total. The normalized spacial score (nSPS) is 21.2. The molecule has 0 saturated carbocycles. The quantitative estimate of drug-likeness (QED) is 0.708. The van der Waals surface area contributed by atoms with E-state index in [0.29, 0.717) is 11.7 Å². The number of carbonyl (C=O) groups is 1. The summed E-state index contributed by atoms with van der Waals surface area (Å²) in [5.41, 5.74) is 0. The Morgan fingerprint density at radius 2 is 2.29 bits per heavy atom. The summed E-state index contributed by atoms with van der Waals surface area (Å²) in [5.74, 6) is 1.31. The molecule has 0 fully saturated rings. The molecule has 1 aromatic rings. The van der Waals surface area contributed by atoms with Gasteiger partial charge in [0.25, 0.3) is 5.91 Å². The van der Waals surface area contributed by atoms with Gasteiger partial charge in [-0.1, -0.05) is 13.8 Å². The lowest BCUT2D eigenvalue weighted by atomic mass is 10.1. The highest BCUT2D eigenvalue weighted by atomic mass is 16.2. The number of aromatic amines is 1. The predicted molar refractivity (Wildman–Crippen MR) is 51.9 cm³/mol. The number of hydrogen-bond acceptors (Lipinski definition) is 3. The van der Waals surface area contributed by atoms with Crippen LogP contribution in [0.4, 0.5) is 0 Å². The SMILES string of the molecule is CC(C)C1N=C(c2ncc[nH]2)NC1=O. The highest BCUT2D eigenvalue weighted by Gasteiger charge is 2.30. The fourth-order valence-corrected chi connectivity index (χ4v) is 1.39. The first-order valence-corrected chi connectivity index (χ1v) is 4.57. The lowest BCUT2D eigenvalue weighted by molar-refractivity contribution is -0.120. The third kappa shape index (κ3) is 1.41. The maximum Gasteiger partial charge on any atom is 0.250 e. The number of aliphatic imine (C=N–C) groups is 1. The first-order chi connectivity index (χ1) is 6.68. The summed E-state index contributed by atoms with van der Waals surface area (Å²) in [6, 6.07) is -0.282. The summed E-state index contributed by atoms with van der Waals surface area (Å²) in [5, 5.41) is 2.70. The van der Waals surface area contributed by atoms with E-state index in [-0.39, 0.29) is 17.9 Å². The van der Waals surface area contributed by atoms with Crippen LogP contribution in [0.1, 0.15) is 19.7 Å². The highest BCUT2D eigenvalue weighted by Crippen LogP contribution is 2.12. The summed E-state index contributed by atoms with van der Waals surface area (Å²) in [7, 11) is 0. The van der Waals surface area contributed by atoms with Gasteiger partial charge in [-0.3, -0.25) is 9.79 Å². The van der Waals surface area contributed by atoms with E-state index < -0.39 is 0 Å². The van der Waals surface area contributed by atoms with Crippen molar-refractivity contribution >= 4 is 11.7 Å². The molecule has 2 rings (SSSR count). The lowest BCUT2D eigenvalue weighted by Gasteiger charge is -2.06. The monoisotopic (exact) mass is 192 g/mol. The van der Waals surface area contributed by atoms with Crippen molar-refractivity contribution in [2.24, 2.45) is 10.9 Å². The van der Waals surface area contributed by atoms with E-state index in [4.69, 9.17) is 0 Å². The van der Waals surface area contributed by atoms with Gasteiger partial charge in [-0.05, 0) is 5.92 Å². The Bertz CT molecular complexity index is 366. The van der Waals surface area contributed by atoms with E-state index in [1.54, 1.807) is 12.4 Å². The van der Waals surface area contributed by atoms with Crippen LogP contribution in [0.5, 0.6) is 0 Å². The van der Waals surface area contributed by atoms with Crippen LogP contribution in [0.25, 0.3) is 0 Å². The van der Waals surface area contributed by atoms with Crippen LogP contribution < -0.4 is 5.32 Å². The van der Waals surface area contributed by atoms with Crippen LogP contribution in [0, 0.1) is 5.92 Å². The van der Waals surface area contributed by atoms with E-state index in [0.717, 1.165) is 0 Å². The minimum absolute atomic E-state index is 0.0496. The number of hydrogen-bond donors (Lipinski definition) is 2. The minimum Gasteiger partial charge on any atom is -0.342 e. The lowest BCUT2D eigenvalue weighted by Crippen LogP contribution is -2.31. The first-order valence-electron chi connectivity index (χ1n) is 4.57. The zero-order valence-electron chi connectivity index (χ0n) is 8.11. The number of amides is 1. The van der Waals surface area contributed by atoms with Crippen LogP contribution in [0.2, 0.25) is 0 Å². The molecule has 0 bridgehead atoms. The fraction of sp³-hybridized carbons (Fsp3) is 0.444. The molecule has 5 heteroatoms. The van der Waals surface area contributed by atoms with Crippen LogP contribution in [-0.4, -0.2) is 27.8 Å². The number of amidine groups is 1. The summed E-state index contributed by atoms with van der Waals surface area (Å²) in [6.45, 7) is 3.94. The van der Waals surface area contributed by atoms with Crippen molar-refractivity contribution in [3.05, 3.63) is 18.2 Å². The third-order valence-corrected chi connectivity index (χ3v) is 2.13. The highest BCUT2D eigenvalue weighted by molar-refractivity contribution is 6.12. The molecule has 0 aromatic carbocycles. The van der Waals surface area contributed by atoms with Gasteiger partial charge in [0.2, 0.25) is 0 Å². The Morgan fingerprint density at radius 1 is 1.50 bits per heavy atom. The van der Waals surface area contributed by atoms with Gasteiger partial charge in [0.15, 0.2) is 11.7 Å². The Labute approximate surface area is 81.7 Å². The Hall–Kier alpha value is -1.65. The molecule has 14 heavy (non-hydrogen) atoms. The van der Waals surface area contributed by atoms with Crippen molar-refractivity contribution in [2.45, 2.75) is 19.9 Å². The van der Waals surface area contributed by atoms with Gasteiger partial charge in [0.1, 0.15) is 6.04 Å². The number of nitrogens with zero attached hydrogens (tertiary/aromatic N) is 2. The Kier molecular flexibility index (Phi) is 2.07. The molecular formula is C9H12N4O. The van der Waals surface area contributed by atoms with E-state index in [1.807, 2.05) is 13.8 Å². The average molecular weight is 192 g/mol. The zero-order chi connectivity index (χ0) is 10.1. The van der Waals surface area contributed by atoms with Crippen molar-refractivity contribution in [1.82, 2.24) is 15.3 Å². The molecular weight excluding hydrogens is 180 g/mol. The van der Waals surface area contributed by atoms with Gasteiger partial charge in [0.05, 0.1) is 0 Å². The van der Waals surface area contributed by atoms with E-state index >= 15 is 0 Å². The minimum atomic E-state index is -0.282. The second-order valence-corrected chi connectivity index (χ2v) is 3.59. The number of aromatic nitrogens is 2. The average Bonchev–Trinajstić information content (AvgIpc) is 2.70. The van der Waals surface area contributed by atoms with Crippen LogP contribution in [-0.2, 0) is 4.79 Å². The number of carbonyl (C=O) groups excluding carboxylic acids is 1. The van der Waals surface area contributed by atoms with Crippen molar-refractivity contribution < 1.29 is 4.79 Å². The molecule has 74 valence electrons. The molecule has 1 aliphatic rings. The summed E-state index contributed by atoms with van der Waals surface area (Å²) >= 11 is 0. The molecule has 1 aliphatic heterocycles. The number of imidazole rings is 1. The van der Waals surface area contributed by atoms with Gasteiger partial charge >= 0.3 is 0 Å². The van der Waals surface area contributed by atoms with E-state index in [1.165, 1.54) is 0 Å². The molecule has 0 radical (unpaired) electrons. The van der Waals surface area contributed by atoms with Gasteiger partial charge in [-0.2, -0.15) is 0 Å². The van der Waals surface area contributed by atoms with Crippen LogP contribution in [0.15, 0.2) is 17.4 Å². The molecule has 0 aliphatic carbocycles. The molecule has 5 nitrogen and oxygen atoms in total. The zero-order valence-corrected chi connectivity index (χ0v) is 8.11. The maximum absolute atomic E-state index is 11.5. The number of H-pyrrole nitrogens is 1. The largest absolute Gasteiger partial charge is 0.342 e. The number of rotatable bonds is 2. The Balaban J connectivity index is 2.25. The van der Waals surface area contributed by atoms with Gasteiger partial charge in [-0.15, -0.1) is 0 Å². The van der Waals surface area contributed by atoms with Gasteiger partial charge < -0.3 is 10.3 Å². The topological polar surface area (TPSA) is 70.1 Å². The predicted octanol–water partition coefficient (Wildman–Crippen LogP) is 0.311. The van der Waals surface area contributed by atoms with Crippen LogP contribution in [0.3, 0.4) is 0 Å². The van der Waals surface area contributed by atoms with Crippen molar-refractivity contribution in [1.29, 1.82) is 0 Å². The van der Waals surface area contributed by atoms with Gasteiger partial charge in [0, 0.05) is 12.4 Å². The second kappa shape index (κ2) is 3.25. The van der Waals surface area contributed by atoms with Crippen molar-refractivity contribution in [2.75, 3.05) is 0 Å². The fourth-order valence-electron chi connectivity index (χ4n) is 1.39. The molecule has 1 aromatic heterocycles. The third-order valence-electron chi connectivity index (χ3n) is 2.13. The molecule has 1 unspecified atom stereocenters. The Morgan fingerprint density at radius 3 is 2.79 bits per heavy atom. The molecule has 1 amide bonds. The summed E-state index contributed by atoms with van der Waals surface area (Å²) < 4.78 is 0. The van der Waals surface area contributed by atoms with Gasteiger partial charge in [-0.25, -0.2) is 4.98 Å². The molecule has 1 atom stereocenters. The smallest absolute Gasteiger partial charge is 0.250 e.